The van der Waals surface area contributed by atoms with Crippen LogP contribution in [0.2, 0.25) is 0 Å². The summed E-state index contributed by atoms with van der Waals surface area (Å²) in [6, 6.07) is 7.50. The van der Waals surface area contributed by atoms with Gasteiger partial charge in [0.05, 0.1) is 12.3 Å². The molecule has 166 valence electrons. The number of aliphatic imine (C=N–C) groups is 2. The third-order valence-corrected chi connectivity index (χ3v) is 6.60. The fourth-order valence-electron chi connectivity index (χ4n) is 4.70. The Bertz CT molecular complexity index is 1010. The summed E-state index contributed by atoms with van der Waals surface area (Å²) in [5.41, 5.74) is 1.38. The lowest BCUT2D eigenvalue weighted by Gasteiger charge is -2.36. The van der Waals surface area contributed by atoms with Crippen LogP contribution in [-0.4, -0.2) is 66.1 Å². The summed E-state index contributed by atoms with van der Waals surface area (Å²) in [5.74, 6) is 1.31. The van der Waals surface area contributed by atoms with E-state index in [4.69, 9.17) is 4.74 Å². The minimum atomic E-state index is -0.366. The summed E-state index contributed by atoms with van der Waals surface area (Å²) in [7, 11) is 0. The van der Waals surface area contributed by atoms with Gasteiger partial charge in [-0.15, -0.1) is 0 Å². The lowest BCUT2D eigenvalue weighted by molar-refractivity contribution is -0.118. The minimum Gasteiger partial charge on any atom is -0.493 e. The number of piperazine rings is 1. The quantitative estimate of drug-likeness (QED) is 0.733. The summed E-state index contributed by atoms with van der Waals surface area (Å²) < 4.78 is 5.97. The number of carbonyl (C=O) groups excluding carboxylic acids is 2. The number of guanidine groups is 1. The van der Waals surface area contributed by atoms with Crippen molar-refractivity contribution in [2.75, 3.05) is 32.8 Å². The smallest absolute Gasteiger partial charge is 0.261 e. The molecule has 0 spiro atoms. The van der Waals surface area contributed by atoms with E-state index in [1.807, 2.05) is 58.4 Å². The first-order valence-corrected chi connectivity index (χ1v) is 11.5. The fourth-order valence-corrected chi connectivity index (χ4v) is 4.70. The van der Waals surface area contributed by atoms with Gasteiger partial charge in [0.25, 0.3) is 11.8 Å². The monoisotopic (exact) mass is 432 g/mol. The lowest BCUT2D eigenvalue weighted by Crippen LogP contribution is -2.51. The average Bonchev–Trinajstić information content (AvgIpc) is 3.36. The topological polar surface area (TPSA) is 74.6 Å². The van der Waals surface area contributed by atoms with Crippen LogP contribution in [0.25, 0.3) is 0 Å². The van der Waals surface area contributed by atoms with Gasteiger partial charge < -0.3 is 14.5 Å². The molecule has 1 aromatic carbocycles. The van der Waals surface area contributed by atoms with E-state index in [1.54, 1.807) is 0 Å². The van der Waals surface area contributed by atoms with Crippen LogP contribution < -0.4 is 4.74 Å². The molecule has 7 heteroatoms. The second-order valence-corrected chi connectivity index (χ2v) is 8.78. The lowest BCUT2D eigenvalue weighted by atomic mass is 9.97. The Hall–Kier alpha value is -3.22. The number of fused-ring (bicyclic) bond motifs is 1. The molecular weight excluding hydrogens is 404 g/mol. The van der Waals surface area contributed by atoms with Gasteiger partial charge in [-0.25, -0.2) is 4.99 Å². The zero-order valence-electron chi connectivity index (χ0n) is 18.2. The molecule has 1 atom stereocenters. The summed E-state index contributed by atoms with van der Waals surface area (Å²) in [6.45, 7) is 3.03. The standard InChI is InChI=1S/C25H28N4O3/c30-23-21-10-3-4-11-22(21)26-25(27-23)29-14-12-28(13-15-29)24(31)19-8-5-9-20(16-19)32-17-18-6-1-2-7-18/h3-5,8-11,16,18,21H,1-2,6-7,12-15,17H2. The molecule has 1 aromatic rings. The first-order valence-electron chi connectivity index (χ1n) is 11.5. The molecule has 0 N–H and O–H groups in total. The molecule has 4 aliphatic rings. The molecule has 2 amide bonds. The van der Waals surface area contributed by atoms with E-state index in [2.05, 4.69) is 9.98 Å². The van der Waals surface area contributed by atoms with Gasteiger partial charge in [-0.2, -0.15) is 4.99 Å². The van der Waals surface area contributed by atoms with Crippen molar-refractivity contribution in [3.63, 3.8) is 0 Å². The molecule has 2 heterocycles. The van der Waals surface area contributed by atoms with Crippen molar-refractivity contribution >= 4 is 23.5 Å². The van der Waals surface area contributed by atoms with Crippen molar-refractivity contribution in [1.82, 2.24) is 9.80 Å². The second kappa shape index (κ2) is 9.10. The van der Waals surface area contributed by atoms with Gasteiger partial charge in [0.1, 0.15) is 11.7 Å². The maximum absolute atomic E-state index is 13.1. The van der Waals surface area contributed by atoms with Crippen LogP contribution in [0, 0.1) is 11.8 Å². The molecule has 5 rings (SSSR count). The molecule has 1 saturated heterocycles. The van der Waals surface area contributed by atoms with Crippen LogP contribution >= 0.6 is 0 Å². The van der Waals surface area contributed by atoms with E-state index < -0.39 is 0 Å². The Labute approximate surface area is 188 Å². The number of amides is 2. The van der Waals surface area contributed by atoms with Gasteiger partial charge in [0, 0.05) is 31.7 Å². The molecule has 1 saturated carbocycles. The van der Waals surface area contributed by atoms with E-state index in [0.717, 1.165) is 18.1 Å². The maximum atomic E-state index is 13.1. The van der Waals surface area contributed by atoms with Gasteiger partial charge in [0.2, 0.25) is 5.96 Å². The zero-order valence-corrected chi connectivity index (χ0v) is 18.2. The molecule has 2 aliphatic carbocycles. The van der Waals surface area contributed by atoms with Gasteiger partial charge in [-0.3, -0.25) is 9.59 Å². The van der Waals surface area contributed by atoms with E-state index >= 15 is 0 Å². The fraction of sp³-hybridized carbons (Fsp3) is 0.440. The third-order valence-electron chi connectivity index (χ3n) is 6.60. The Morgan fingerprint density at radius 3 is 2.69 bits per heavy atom. The van der Waals surface area contributed by atoms with Crippen LogP contribution in [0.4, 0.5) is 0 Å². The maximum Gasteiger partial charge on any atom is 0.261 e. The van der Waals surface area contributed by atoms with E-state index in [9.17, 15) is 9.59 Å². The first-order chi connectivity index (χ1) is 15.7. The van der Waals surface area contributed by atoms with Crippen molar-refractivity contribution in [1.29, 1.82) is 0 Å². The van der Waals surface area contributed by atoms with Crippen molar-refractivity contribution in [3.8, 4) is 5.75 Å². The molecule has 0 bridgehead atoms. The Kier molecular flexibility index (Phi) is 5.88. The minimum absolute atomic E-state index is 0.00403. The molecule has 2 aliphatic heterocycles. The van der Waals surface area contributed by atoms with Gasteiger partial charge >= 0.3 is 0 Å². The van der Waals surface area contributed by atoms with Gasteiger partial charge in [-0.05, 0) is 43.0 Å². The predicted molar refractivity (Wildman–Crippen MR) is 123 cm³/mol. The second-order valence-electron chi connectivity index (χ2n) is 8.78. The number of allylic oxidation sites excluding steroid dienone is 3. The van der Waals surface area contributed by atoms with Crippen LogP contribution in [0.3, 0.4) is 0 Å². The SMILES string of the molecule is O=C1N=C(N2CCN(C(=O)c3cccc(OCC4CCCC4)c3)CC2)N=C2C=CC=CC12. The highest BCUT2D eigenvalue weighted by Crippen LogP contribution is 2.26. The molecular formula is C25H28N4O3. The first kappa shape index (κ1) is 20.7. The number of hydrogen-bond acceptors (Lipinski definition) is 5. The molecule has 7 nitrogen and oxygen atoms in total. The highest BCUT2D eigenvalue weighted by molar-refractivity contribution is 6.21. The Morgan fingerprint density at radius 1 is 1.06 bits per heavy atom. The third kappa shape index (κ3) is 4.38. The number of nitrogens with zero attached hydrogens (tertiary/aromatic N) is 4. The van der Waals surface area contributed by atoms with Crippen LogP contribution in [0.1, 0.15) is 36.0 Å². The highest BCUT2D eigenvalue weighted by Gasteiger charge is 2.30. The van der Waals surface area contributed by atoms with Crippen LogP contribution in [0.15, 0.2) is 58.6 Å². The number of hydrogen-bond donors (Lipinski definition) is 0. The van der Waals surface area contributed by atoms with E-state index in [1.165, 1.54) is 25.7 Å². The summed E-state index contributed by atoms with van der Waals surface area (Å²) in [6.07, 6.45) is 12.5. The van der Waals surface area contributed by atoms with E-state index in [0.29, 0.717) is 43.6 Å². The number of rotatable bonds is 4. The average molecular weight is 433 g/mol. The van der Waals surface area contributed by atoms with Crippen molar-refractivity contribution < 1.29 is 14.3 Å². The molecule has 0 aromatic heterocycles. The summed E-state index contributed by atoms with van der Waals surface area (Å²) >= 11 is 0. The molecule has 2 fully saturated rings. The van der Waals surface area contributed by atoms with Crippen molar-refractivity contribution in [2.24, 2.45) is 21.8 Å². The number of ether oxygens (including phenoxy) is 1. The summed E-state index contributed by atoms with van der Waals surface area (Å²) in [5, 5.41) is 0. The largest absolute Gasteiger partial charge is 0.493 e. The van der Waals surface area contributed by atoms with E-state index in [-0.39, 0.29) is 17.7 Å². The summed E-state index contributed by atoms with van der Waals surface area (Å²) in [4.78, 5) is 38.0. The number of carbonyl (C=O) groups is 2. The van der Waals surface area contributed by atoms with Gasteiger partial charge in [-0.1, -0.05) is 37.1 Å². The Morgan fingerprint density at radius 2 is 1.88 bits per heavy atom. The molecule has 1 unspecified atom stereocenters. The molecule has 32 heavy (non-hydrogen) atoms. The predicted octanol–water partition coefficient (Wildman–Crippen LogP) is 3.09. The number of benzene rings is 1. The van der Waals surface area contributed by atoms with Crippen LogP contribution in [-0.2, 0) is 4.79 Å². The van der Waals surface area contributed by atoms with Gasteiger partial charge in [0.15, 0.2) is 0 Å². The zero-order chi connectivity index (χ0) is 21.9. The Balaban J connectivity index is 1.18. The van der Waals surface area contributed by atoms with Crippen molar-refractivity contribution in [2.45, 2.75) is 25.7 Å². The molecule has 0 radical (unpaired) electrons. The highest BCUT2D eigenvalue weighted by atomic mass is 16.5. The normalized spacial score (nSPS) is 23.1. The van der Waals surface area contributed by atoms with Crippen LogP contribution in [0.5, 0.6) is 5.75 Å². The van der Waals surface area contributed by atoms with Crippen molar-refractivity contribution in [3.05, 3.63) is 54.1 Å².